The highest BCUT2D eigenvalue weighted by Gasteiger charge is 2.40. The molecule has 1 aliphatic rings. The van der Waals surface area contributed by atoms with Gasteiger partial charge < -0.3 is 79.2 Å². The number of carbonyl (C=O) groups is 12. The zero-order chi connectivity index (χ0) is 63.5. The van der Waals surface area contributed by atoms with Gasteiger partial charge in [-0.1, -0.05) is 95.5 Å². The van der Waals surface area contributed by atoms with Crippen molar-refractivity contribution >= 4 is 81.9 Å². The second-order valence-corrected chi connectivity index (χ2v) is 22.0. The highest BCUT2D eigenvalue weighted by atomic mass is 16.4. The SMILES string of the molecule is CC[C@H](C)[C@H](NC(=O)CNC(=O)CNC(=O)[C@H](Cc1ccc(O)cc1)NC(=O)[C@H](CC(=O)O)NC(=O)[C@H](C)NC(=O)[C@@H]1CCCN1C(=O)[C@H](CC(N)=O)NC(=O)[C@@H](N)Cc1c[nH]c2ccccc12)C(=O)N[C@H](C)CCCCCCCCCCC(=O)O. The van der Waals surface area contributed by atoms with Crippen LogP contribution in [0.3, 0.4) is 0 Å². The molecule has 27 heteroatoms. The average Bonchev–Trinajstić information content (AvgIpc) is 3.02. The van der Waals surface area contributed by atoms with E-state index in [0.29, 0.717) is 24.8 Å². The first kappa shape index (κ1) is 69.9. The Hall–Kier alpha value is -8.62. The zero-order valence-electron chi connectivity index (χ0n) is 49.4. The molecule has 3 aromatic rings. The fourth-order valence-electron chi connectivity index (χ4n) is 9.87. The van der Waals surface area contributed by atoms with E-state index in [1.54, 1.807) is 13.1 Å². The predicted octanol–water partition coefficient (Wildman–Crippen LogP) is 0.540. The first-order valence-electron chi connectivity index (χ1n) is 29.3. The number of phenolic OH excluding ortho intramolecular Hbond substituents is 1. The van der Waals surface area contributed by atoms with E-state index in [2.05, 4.69) is 47.5 Å². The standard InChI is InChI=1S/C59H86N12O15/c1-5-34(2)52(58(85)65-35(3)17-12-10-8-6-7-9-11-13-21-50(76)77)70-49(75)33-63-48(74)32-64-55(82)43(27-37-22-24-39(72)25-23-37)68-56(83)44(30-51(78)79)67-53(80)36(4)66-57(84)46-20-16-26-71(46)59(86)45(29-47(61)73)69-54(81)41(60)28-38-31-62-42-19-15-14-18-40(38)42/h14-15,18-19,22-25,31,34-36,41,43-46,52,62,72H,5-13,16-17,20-21,26-30,32-33,60H2,1-4H3,(H2,61,73)(H,63,74)(H,64,82)(H,65,85)(H,66,84)(H,67,80)(H,68,83)(H,69,81)(H,70,75)(H,76,77)(H,78,79)/t34-,35+,36-,41-,43-,44-,45-,46-,52-/m0/s1. The minimum Gasteiger partial charge on any atom is -0.508 e. The van der Waals surface area contributed by atoms with E-state index in [1.165, 1.54) is 31.2 Å². The molecule has 2 aromatic carbocycles. The molecule has 0 bridgehead atoms. The lowest BCUT2D eigenvalue weighted by atomic mass is 9.97. The third kappa shape index (κ3) is 23.8. The lowest BCUT2D eigenvalue weighted by Crippen LogP contribution is -2.59. The number of carboxylic acids is 2. The van der Waals surface area contributed by atoms with Crippen LogP contribution in [0.1, 0.15) is 135 Å². The zero-order valence-corrected chi connectivity index (χ0v) is 49.4. The normalized spacial score (nSPS) is 15.7. The summed E-state index contributed by atoms with van der Waals surface area (Å²) < 4.78 is 0. The number of H-pyrrole nitrogens is 1. The smallest absolute Gasteiger partial charge is 0.305 e. The molecular weight excluding hydrogens is 1120 g/mol. The number of amides is 10. The number of para-hydroxylation sites is 1. The number of unbranched alkanes of at least 4 members (excludes halogenated alkanes) is 7. The number of rotatable bonds is 38. The molecule has 9 atom stereocenters. The van der Waals surface area contributed by atoms with Crippen LogP contribution in [0, 0.1) is 5.92 Å². The van der Waals surface area contributed by atoms with Gasteiger partial charge in [0.1, 0.15) is 42.0 Å². The Balaban J connectivity index is 1.31. The number of fused-ring (bicyclic) bond motifs is 1. The summed E-state index contributed by atoms with van der Waals surface area (Å²) in [5.41, 5.74) is 13.7. The van der Waals surface area contributed by atoms with Crippen molar-refractivity contribution in [2.24, 2.45) is 17.4 Å². The third-order valence-corrected chi connectivity index (χ3v) is 14.9. The van der Waals surface area contributed by atoms with Crippen LogP contribution in [0.5, 0.6) is 5.75 Å². The van der Waals surface area contributed by atoms with Crippen molar-refractivity contribution < 1.29 is 72.9 Å². The molecule has 1 aliphatic heterocycles. The summed E-state index contributed by atoms with van der Waals surface area (Å²) in [7, 11) is 0. The van der Waals surface area contributed by atoms with Gasteiger partial charge in [0.2, 0.25) is 59.1 Å². The molecule has 0 unspecified atom stereocenters. The number of aliphatic carboxylic acids is 2. The predicted molar refractivity (Wildman–Crippen MR) is 315 cm³/mol. The Bertz CT molecular complexity index is 2830. The van der Waals surface area contributed by atoms with Gasteiger partial charge in [0, 0.05) is 42.5 Å². The fourth-order valence-corrected chi connectivity index (χ4v) is 9.87. The number of hydrogen-bond acceptors (Lipinski definition) is 14. The number of hydrogen-bond donors (Lipinski definition) is 14. The summed E-state index contributed by atoms with van der Waals surface area (Å²) in [6, 6.07) is 3.11. The summed E-state index contributed by atoms with van der Waals surface area (Å²) in [5.74, 6) is -11.1. The Morgan fingerprint density at radius 2 is 1.28 bits per heavy atom. The number of nitrogens with zero attached hydrogens (tertiary/aromatic N) is 1. The van der Waals surface area contributed by atoms with Crippen molar-refractivity contribution in [1.29, 1.82) is 0 Å². The molecule has 4 rings (SSSR count). The molecule has 10 amide bonds. The van der Waals surface area contributed by atoms with Gasteiger partial charge in [-0.2, -0.15) is 0 Å². The Labute approximate surface area is 499 Å². The quantitative estimate of drug-likeness (QED) is 0.0348. The molecule has 27 nitrogen and oxygen atoms in total. The molecule has 86 heavy (non-hydrogen) atoms. The highest BCUT2D eigenvalue weighted by molar-refractivity contribution is 5.99. The molecule has 472 valence electrons. The Kier molecular flexibility index (Phi) is 28.9. The topological polar surface area (TPSA) is 433 Å². The maximum absolute atomic E-state index is 14.0. The van der Waals surface area contributed by atoms with Crippen molar-refractivity contribution in [2.45, 2.75) is 185 Å². The van der Waals surface area contributed by atoms with E-state index < -0.39 is 133 Å². The van der Waals surface area contributed by atoms with E-state index in [0.717, 1.165) is 72.7 Å². The molecule has 1 saturated heterocycles. The second-order valence-electron chi connectivity index (χ2n) is 22.0. The van der Waals surface area contributed by atoms with Gasteiger partial charge in [-0.05, 0) is 81.2 Å². The molecule has 16 N–H and O–H groups in total. The van der Waals surface area contributed by atoms with Gasteiger partial charge in [0.05, 0.1) is 32.0 Å². The van der Waals surface area contributed by atoms with Crippen molar-refractivity contribution in [2.75, 3.05) is 19.6 Å². The molecule has 1 fully saturated rings. The van der Waals surface area contributed by atoms with Crippen LogP contribution < -0.4 is 54.0 Å². The highest BCUT2D eigenvalue weighted by Crippen LogP contribution is 2.22. The fraction of sp³-hybridized carbons (Fsp3) is 0.559. The molecule has 0 saturated carbocycles. The number of carboxylic acid groups (broad SMARTS) is 2. The maximum Gasteiger partial charge on any atom is 0.305 e. The van der Waals surface area contributed by atoms with Gasteiger partial charge in [-0.15, -0.1) is 0 Å². The van der Waals surface area contributed by atoms with Gasteiger partial charge >= 0.3 is 11.9 Å². The van der Waals surface area contributed by atoms with Crippen molar-refractivity contribution in [3.8, 4) is 5.75 Å². The molecule has 0 aliphatic carbocycles. The molecular formula is C59H86N12O15. The maximum atomic E-state index is 14.0. The van der Waals surface area contributed by atoms with Crippen LogP contribution in [0.4, 0.5) is 0 Å². The first-order chi connectivity index (χ1) is 40.9. The minimum atomic E-state index is -1.85. The lowest BCUT2D eigenvalue weighted by molar-refractivity contribution is -0.143. The number of primary amides is 1. The van der Waals surface area contributed by atoms with Crippen LogP contribution in [0.15, 0.2) is 54.7 Å². The van der Waals surface area contributed by atoms with E-state index in [9.17, 15) is 67.7 Å². The van der Waals surface area contributed by atoms with E-state index in [1.807, 2.05) is 38.1 Å². The van der Waals surface area contributed by atoms with Gasteiger partial charge in [0.25, 0.3) is 0 Å². The lowest BCUT2D eigenvalue weighted by Gasteiger charge is -2.29. The number of aromatic amines is 1. The molecule has 0 radical (unpaired) electrons. The number of carbonyl (C=O) groups excluding carboxylic acids is 10. The third-order valence-electron chi connectivity index (χ3n) is 14.9. The monoisotopic (exact) mass is 1200 g/mol. The van der Waals surface area contributed by atoms with Crippen LogP contribution >= 0.6 is 0 Å². The van der Waals surface area contributed by atoms with E-state index in [4.69, 9.17) is 16.6 Å². The van der Waals surface area contributed by atoms with Crippen molar-refractivity contribution in [3.05, 3.63) is 65.9 Å². The van der Waals surface area contributed by atoms with Gasteiger partial charge in [-0.3, -0.25) is 57.5 Å². The average molecular weight is 1200 g/mol. The number of nitrogens with one attached hydrogen (secondary N) is 9. The number of aromatic nitrogens is 1. The summed E-state index contributed by atoms with van der Waals surface area (Å²) in [6.07, 6.45) is 9.31. The minimum absolute atomic E-state index is 0.0251. The second kappa shape index (κ2) is 35.6. The van der Waals surface area contributed by atoms with Crippen LogP contribution in [-0.2, 0) is 70.4 Å². The van der Waals surface area contributed by atoms with E-state index >= 15 is 0 Å². The summed E-state index contributed by atoms with van der Waals surface area (Å²) in [4.78, 5) is 161. The van der Waals surface area contributed by atoms with Gasteiger partial charge in [0.15, 0.2) is 0 Å². The van der Waals surface area contributed by atoms with Crippen molar-refractivity contribution in [1.82, 2.24) is 52.4 Å². The van der Waals surface area contributed by atoms with E-state index in [-0.39, 0.29) is 55.8 Å². The molecule has 2 heterocycles. The number of benzene rings is 2. The van der Waals surface area contributed by atoms with Gasteiger partial charge in [-0.25, -0.2) is 0 Å². The summed E-state index contributed by atoms with van der Waals surface area (Å²) in [5, 5.41) is 49.4. The summed E-state index contributed by atoms with van der Waals surface area (Å²) >= 11 is 0. The first-order valence-corrected chi connectivity index (χ1v) is 29.3. The Morgan fingerprint density at radius 3 is 1.93 bits per heavy atom. The number of likely N-dealkylation sites (tertiary alicyclic amines) is 1. The number of aromatic hydroxyl groups is 1. The van der Waals surface area contributed by atoms with Crippen molar-refractivity contribution in [3.63, 3.8) is 0 Å². The number of phenols is 1. The Morgan fingerprint density at radius 1 is 0.651 bits per heavy atom. The summed E-state index contributed by atoms with van der Waals surface area (Å²) in [6.45, 7) is 5.54. The van der Waals surface area contributed by atoms with Crippen LogP contribution in [0.25, 0.3) is 10.9 Å². The molecule has 0 spiro atoms. The van der Waals surface area contributed by atoms with Crippen LogP contribution in [0.2, 0.25) is 0 Å². The largest absolute Gasteiger partial charge is 0.508 e. The van der Waals surface area contributed by atoms with Crippen LogP contribution in [-0.4, -0.2) is 164 Å². The number of nitrogens with two attached hydrogens (primary N) is 2. The molecule has 1 aromatic heterocycles.